The van der Waals surface area contributed by atoms with E-state index >= 15 is 0 Å². The first-order valence-corrected chi connectivity index (χ1v) is 10.8. The smallest absolute Gasteiger partial charge is 0.390 e. The van der Waals surface area contributed by atoms with Gasteiger partial charge in [0.15, 0.2) is 11.6 Å². The van der Waals surface area contributed by atoms with Crippen molar-refractivity contribution in [3.05, 3.63) is 70.7 Å². The van der Waals surface area contributed by atoms with Crippen LogP contribution in [0.1, 0.15) is 35.2 Å². The van der Waals surface area contributed by atoms with Gasteiger partial charge < -0.3 is 10.4 Å². The Labute approximate surface area is 197 Å². The van der Waals surface area contributed by atoms with Crippen molar-refractivity contribution in [3.8, 4) is 11.3 Å². The Morgan fingerprint density at radius 3 is 2.56 bits per heavy atom. The number of carbonyl (C=O) groups is 2. The molecule has 1 aliphatic rings. The Balaban J connectivity index is 1.57. The van der Waals surface area contributed by atoms with Gasteiger partial charge in [0.1, 0.15) is 0 Å². The maximum Gasteiger partial charge on any atom is 0.390 e. The number of carboxylic acids is 1. The molecule has 0 unspecified atom stereocenters. The molecule has 1 aromatic heterocycles. The van der Waals surface area contributed by atoms with Crippen LogP contribution in [0.3, 0.4) is 0 Å². The summed E-state index contributed by atoms with van der Waals surface area (Å²) >= 11 is 5.97. The van der Waals surface area contributed by atoms with E-state index < -0.39 is 36.2 Å². The zero-order valence-corrected chi connectivity index (χ0v) is 18.5. The minimum absolute atomic E-state index is 0.118. The highest BCUT2D eigenvalue weighted by molar-refractivity contribution is 6.30. The number of hydrogen-bond acceptors (Lipinski definition) is 5. The Kier molecular flexibility index (Phi) is 6.31. The van der Waals surface area contributed by atoms with E-state index in [0.29, 0.717) is 27.7 Å². The summed E-state index contributed by atoms with van der Waals surface area (Å²) in [7, 11) is 0. The third-order valence-corrected chi connectivity index (χ3v) is 6.03. The fraction of sp³-hybridized carbons (Fsp3) is 0.250. The molecule has 0 radical (unpaired) electrons. The molecule has 0 amide bonds. The summed E-state index contributed by atoms with van der Waals surface area (Å²) in [6.45, 7) is 0. The average molecular weight is 490 g/mol. The number of aromatic nitrogens is 2. The fourth-order valence-electron chi connectivity index (χ4n) is 4.29. The number of carboxylic acid groups (broad SMARTS) is 1. The molecular weight excluding hydrogens is 471 g/mol. The molecule has 1 heterocycles. The lowest BCUT2D eigenvalue weighted by Crippen LogP contribution is -2.41. The van der Waals surface area contributed by atoms with Crippen LogP contribution < -0.4 is 5.32 Å². The Morgan fingerprint density at radius 1 is 1.12 bits per heavy atom. The predicted molar refractivity (Wildman–Crippen MR) is 120 cm³/mol. The second-order valence-corrected chi connectivity index (χ2v) is 8.72. The summed E-state index contributed by atoms with van der Waals surface area (Å²) in [4.78, 5) is 24.3. The van der Waals surface area contributed by atoms with Gasteiger partial charge in [-0.15, -0.1) is 10.2 Å². The van der Waals surface area contributed by atoms with E-state index in [9.17, 15) is 22.8 Å². The number of aryl methyl sites for hydroxylation is 1. The number of hydrogen-bond donors (Lipinski definition) is 2. The third kappa shape index (κ3) is 5.20. The van der Waals surface area contributed by atoms with Crippen LogP contribution in [0.15, 0.2) is 54.6 Å². The summed E-state index contributed by atoms with van der Waals surface area (Å²) in [5, 5.41) is 21.2. The van der Waals surface area contributed by atoms with Gasteiger partial charge in [-0.25, -0.2) is 0 Å². The lowest BCUT2D eigenvalue weighted by molar-refractivity contribution is -0.160. The second-order valence-electron chi connectivity index (χ2n) is 8.28. The van der Waals surface area contributed by atoms with Crippen molar-refractivity contribution in [1.82, 2.24) is 10.2 Å². The van der Waals surface area contributed by atoms with E-state index in [-0.39, 0.29) is 18.4 Å². The largest absolute Gasteiger partial charge is 0.481 e. The quantitative estimate of drug-likeness (QED) is 0.436. The third-order valence-electron chi connectivity index (χ3n) is 5.79. The normalized spacial score (nSPS) is 17.8. The molecule has 3 aromatic rings. The SMILES string of the molecule is O=C(O)C[C@@]1(CC(F)(F)F)CCc2cc(-c3ccc(Nc4cccc(Cl)c4)nn3)ccc2C1=O. The van der Waals surface area contributed by atoms with E-state index in [1.54, 1.807) is 42.5 Å². The number of rotatable bonds is 6. The highest BCUT2D eigenvalue weighted by Crippen LogP contribution is 2.46. The van der Waals surface area contributed by atoms with Crippen LogP contribution in [-0.2, 0) is 11.2 Å². The first kappa shape index (κ1) is 23.7. The zero-order chi connectivity index (χ0) is 24.5. The molecule has 6 nitrogen and oxygen atoms in total. The molecule has 0 bridgehead atoms. The van der Waals surface area contributed by atoms with E-state index in [4.69, 9.17) is 16.7 Å². The summed E-state index contributed by atoms with van der Waals surface area (Å²) in [6, 6.07) is 15.3. The van der Waals surface area contributed by atoms with Crippen molar-refractivity contribution in [3.63, 3.8) is 0 Å². The minimum atomic E-state index is -4.65. The summed E-state index contributed by atoms with van der Waals surface area (Å²) in [6.07, 6.45) is -7.01. The standard InChI is InChI=1S/C24H19ClF3N3O3/c25-16-2-1-3-17(11-16)29-20-7-6-19(30-31-20)15-4-5-18-14(10-15)8-9-23(22(18)34,12-21(32)33)13-24(26,27)28/h1-7,10-11H,8-9,12-13H2,(H,29,31)(H,32,33)/t23-/m1/s1. The van der Waals surface area contributed by atoms with E-state index in [1.165, 1.54) is 6.07 Å². The molecular formula is C24H19ClF3N3O3. The summed E-state index contributed by atoms with van der Waals surface area (Å²) in [5.74, 6) is -1.73. The molecule has 4 rings (SSSR count). The number of carbonyl (C=O) groups excluding carboxylic acids is 1. The van der Waals surface area contributed by atoms with E-state index in [1.807, 2.05) is 6.07 Å². The topological polar surface area (TPSA) is 92.2 Å². The highest BCUT2D eigenvalue weighted by atomic mass is 35.5. The molecule has 10 heteroatoms. The highest BCUT2D eigenvalue weighted by Gasteiger charge is 2.50. The minimum Gasteiger partial charge on any atom is -0.481 e. The number of alkyl halides is 3. The van der Waals surface area contributed by atoms with Gasteiger partial charge in [0.05, 0.1) is 24.0 Å². The zero-order valence-electron chi connectivity index (χ0n) is 17.7. The van der Waals surface area contributed by atoms with Crippen LogP contribution in [0.4, 0.5) is 24.7 Å². The molecule has 2 N–H and O–H groups in total. The van der Waals surface area contributed by atoms with E-state index in [0.717, 1.165) is 5.69 Å². The molecule has 1 atom stereocenters. The first-order valence-electron chi connectivity index (χ1n) is 10.4. The van der Waals surface area contributed by atoms with Gasteiger partial charge in [0, 0.05) is 21.8 Å². The van der Waals surface area contributed by atoms with Gasteiger partial charge in [0.25, 0.3) is 0 Å². The van der Waals surface area contributed by atoms with Crippen LogP contribution >= 0.6 is 11.6 Å². The Morgan fingerprint density at radius 2 is 1.91 bits per heavy atom. The first-order chi connectivity index (χ1) is 16.0. The maximum atomic E-state index is 13.2. The van der Waals surface area contributed by atoms with Crippen LogP contribution in [0.5, 0.6) is 0 Å². The number of Topliss-reactive ketones (excluding diaryl/α,β-unsaturated/α-hetero) is 1. The van der Waals surface area contributed by atoms with Crippen molar-refractivity contribution in [1.29, 1.82) is 0 Å². The summed E-state index contributed by atoms with van der Waals surface area (Å²) in [5.41, 5.74) is 0.595. The molecule has 0 aliphatic heterocycles. The number of nitrogens with zero attached hydrogens (tertiary/aromatic N) is 2. The molecule has 0 saturated heterocycles. The van der Waals surface area contributed by atoms with Crippen molar-refractivity contribution >= 4 is 34.9 Å². The van der Waals surface area contributed by atoms with Crippen molar-refractivity contribution in [2.24, 2.45) is 5.41 Å². The number of aliphatic carboxylic acids is 1. The van der Waals surface area contributed by atoms with Gasteiger partial charge in [-0.2, -0.15) is 13.2 Å². The van der Waals surface area contributed by atoms with Crippen molar-refractivity contribution in [2.75, 3.05) is 5.32 Å². The molecule has 0 fully saturated rings. The van der Waals surface area contributed by atoms with Gasteiger partial charge in [-0.1, -0.05) is 29.8 Å². The Bertz CT molecular complexity index is 1250. The van der Waals surface area contributed by atoms with E-state index in [2.05, 4.69) is 15.5 Å². The van der Waals surface area contributed by atoms with Gasteiger partial charge in [0.2, 0.25) is 0 Å². The molecule has 34 heavy (non-hydrogen) atoms. The molecule has 2 aromatic carbocycles. The average Bonchev–Trinajstić information content (AvgIpc) is 2.75. The number of nitrogens with one attached hydrogen (secondary N) is 1. The van der Waals surface area contributed by atoms with Crippen LogP contribution in [-0.4, -0.2) is 33.2 Å². The van der Waals surface area contributed by atoms with Crippen molar-refractivity contribution < 1.29 is 27.9 Å². The number of benzene rings is 2. The number of halogens is 4. The predicted octanol–water partition coefficient (Wildman–Crippen LogP) is 6.08. The fourth-order valence-corrected chi connectivity index (χ4v) is 4.48. The number of ketones is 1. The number of anilines is 2. The molecule has 176 valence electrons. The summed E-state index contributed by atoms with van der Waals surface area (Å²) < 4.78 is 39.6. The Hall–Kier alpha value is -3.46. The van der Waals surface area contributed by atoms with Gasteiger partial charge >= 0.3 is 12.1 Å². The molecule has 0 saturated carbocycles. The van der Waals surface area contributed by atoms with Gasteiger partial charge in [-0.3, -0.25) is 9.59 Å². The number of fused-ring (bicyclic) bond motifs is 1. The van der Waals surface area contributed by atoms with Gasteiger partial charge in [-0.05, 0) is 54.8 Å². The van der Waals surface area contributed by atoms with Crippen LogP contribution in [0, 0.1) is 5.41 Å². The monoisotopic (exact) mass is 489 g/mol. The van der Waals surface area contributed by atoms with Crippen LogP contribution in [0.25, 0.3) is 11.3 Å². The van der Waals surface area contributed by atoms with Crippen molar-refractivity contribution in [2.45, 2.75) is 31.9 Å². The molecule has 1 aliphatic carbocycles. The maximum absolute atomic E-state index is 13.2. The lowest BCUT2D eigenvalue weighted by atomic mass is 9.66. The molecule has 0 spiro atoms. The van der Waals surface area contributed by atoms with Crippen LogP contribution in [0.2, 0.25) is 5.02 Å². The lowest BCUT2D eigenvalue weighted by Gasteiger charge is -2.36. The second kappa shape index (κ2) is 9.06.